The van der Waals surface area contributed by atoms with Crippen molar-refractivity contribution in [3.05, 3.63) is 119 Å². The molecule has 2 N–H and O–H groups in total. The first-order valence-electron chi connectivity index (χ1n) is 22.8. The minimum atomic E-state index is -0.606. The lowest BCUT2D eigenvalue weighted by Gasteiger charge is -2.29. The summed E-state index contributed by atoms with van der Waals surface area (Å²) in [7, 11) is 3.40. The number of benzene rings is 4. The SMILES string of the molecule is O=C(NCCSSCCNC(=O)c1ccc2c(c1)N1CCOC1(/C=C/c1ccc(N3CCCCC3)cc1)S2)c1ccc2c(c1)N1CCOC1(/C=C/c1ccc(N3CCCCC3)cc1)S2. The van der Waals surface area contributed by atoms with E-state index in [0.29, 0.717) is 37.4 Å². The summed E-state index contributed by atoms with van der Waals surface area (Å²) in [5.41, 5.74) is 8.28. The molecule has 10 rings (SSSR count). The van der Waals surface area contributed by atoms with Crippen LogP contribution in [0.3, 0.4) is 0 Å². The van der Waals surface area contributed by atoms with E-state index in [1.165, 1.54) is 49.9 Å². The van der Waals surface area contributed by atoms with Crippen LogP contribution in [0.5, 0.6) is 0 Å². The van der Waals surface area contributed by atoms with Crippen molar-refractivity contribution in [1.82, 2.24) is 10.6 Å². The first-order valence-corrected chi connectivity index (χ1v) is 27.0. The van der Waals surface area contributed by atoms with Crippen LogP contribution < -0.4 is 30.2 Å². The number of nitrogens with zero attached hydrogens (tertiary/aromatic N) is 4. The second-order valence-electron chi connectivity index (χ2n) is 16.9. The van der Waals surface area contributed by atoms with Gasteiger partial charge in [0.1, 0.15) is 0 Å². The van der Waals surface area contributed by atoms with E-state index < -0.39 is 10.1 Å². The van der Waals surface area contributed by atoms with Crippen molar-refractivity contribution in [2.75, 3.05) is 96.7 Å². The highest BCUT2D eigenvalue weighted by Gasteiger charge is 2.49. The fourth-order valence-corrected chi connectivity index (χ4v) is 13.8. The van der Waals surface area contributed by atoms with Crippen molar-refractivity contribution >= 4 is 91.8 Å². The van der Waals surface area contributed by atoms with Gasteiger partial charge in [-0.3, -0.25) is 9.59 Å². The Balaban J connectivity index is 0.649. The van der Waals surface area contributed by atoms with E-state index in [1.807, 2.05) is 36.4 Å². The summed E-state index contributed by atoms with van der Waals surface area (Å²) in [6, 6.07) is 29.6. The van der Waals surface area contributed by atoms with E-state index in [2.05, 4.69) is 103 Å². The van der Waals surface area contributed by atoms with Crippen molar-refractivity contribution < 1.29 is 19.1 Å². The summed E-state index contributed by atoms with van der Waals surface area (Å²) in [6.45, 7) is 8.47. The number of fused-ring (bicyclic) bond motifs is 6. The van der Waals surface area contributed by atoms with Crippen LogP contribution in [-0.4, -0.2) is 99.0 Å². The van der Waals surface area contributed by atoms with Gasteiger partial charge < -0.3 is 39.7 Å². The Labute approximate surface area is 393 Å². The zero-order chi connectivity index (χ0) is 43.4. The molecule has 2 amide bonds. The maximum absolute atomic E-state index is 13.2. The lowest BCUT2D eigenvalue weighted by molar-refractivity contribution is 0.0948. The van der Waals surface area contributed by atoms with Gasteiger partial charge in [0.25, 0.3) is 11.8 Å². The van der Waals surface area contributed by atoms with Crippen LogP contribution in [0.4, 0.5) is 22.7 Å². The van der Waals surface area contributed by atoms with E-state index in [4.69, 9.17) is 9.47 Å². The van der Waals surface area contributed by atoms with Gasteiger partial charge >= 0.3 is 0 Å². The normalized spacial score (nSPS) is 22.6. The summed E-state index contributed by atoms with van der Waals surface area (Å²) in [5, 5.41) is 4.98. The molecule has 6 aliphatic rings. The molecule has 6 aliphatic heterocycles. The molecule has 4 aromatic carbocycles. The lowest BCUT2D eigenvalue weighted by atomic mass is 10.1. The maximum atomic E-state index is 13.2. The fourth-order valence-electron chi connectivity index (χ4n) is 9.38. The number of piperidine rings is 2. The Kier molecular flexibility index (Phi) is 13.5. The minimum absolute atomic E-state index is 0.0769. The van der Waals surface area contributed by atoms with Gasteiger partial charge in [-0.1, -0.05) is 81.5 Å². The second kappa shape index (κ2) is 19.7. The van der Waals surface area contributed by atoms with Crippen molar-refractivity contribution in [2.45, 2.75) is 58.4 Å². The van der Waals surface area contributed by atoms with Gasteiger partial charge in [0.05, 0.1) is 24.6 Å². The standard InChI is InChI=1S/C50H56N6O4S4/c57-47(39-11-17-45-43(35-39)55-29-31-59-49(55,63-45)21-19-37-7-13-41(14-8-37)53-25-3-1-4-26-53)51-23-33-61-62-34-24-52-48(58)40-12-18-46-44(36-40)56-30-32-60-50(56,64-46)22-20-38-9-15-42(16-10-38)54-27-5-2-6-28-54/h7-22,35-36H,1-6,23-34H2,(H,51,57)(H,52,58)/b21-19+,22-20+. The number of hydrogen-bond acceptors (Lipinski definition) is 12. The van der Waals surface area contributed by atoms with Crippen LogP contribution in [0.25, 0.3) is 12.2 Å². The Morgan fingerprint density at radius 3 is 1.41 bits per heavy atom. The summed E-state index contributed by atoms with van der Waals surface area (Å²) < 4.78 is 12.7. The number of nitrogens with one attached hydrogen (secondary N) is 2. The van der Waals surface area contributed by atoms with E-state index in [-0.39, 0.29) is 11.8 Å². The van der Waals surface area contributed by atoms with Gasteiger partial charge in [-0.2, -0.15) is 0 Å². The molecule has 0 aliphatic carbocycles. The molecule has 6 heterocycles. The summed E-state index contributed by atoms with van der Waals surface area (Å²) in [4.78, 5) is 38.2. The van der Waals surface area contributed by atoms with Crippen LogP contribution >= 0.6 is 45.1 Å². The molecule has 10 nitrogen and oxygen atoms in total. The highest BCUT2D eigenvalue weighted by Crippen LogP contribution is 2.55. The molecule has 64 heavy (non-hydrogen) atoms. The zero-order valence-corrected chi connectivity index (χ0v) is 39.4. The van der Waals surface area contributed by atoms with Crippen molar-refractivity contribution in [3.8, 4) is 0 Å². The van der Waals surface area contributed by atoms with Gasteiger partial charge in [0.2, 0.25) is 10.1 Å². The molecule has 0 radical (unpaired) electrons. The second-order valence-corrected chi connectivity index (χ2v) is 22.1. The topological polar surface area (TPSA) is 89.6 Å². The molecule has 4 aromatic rings. The van der Waals surface area contributed by atoms with E-state index in [1.54, 1.807) is 45.1 Å². The van der Waals surface area contributed by atoms with Crippen LogP contribution in [0.15, 0.2) is 107 Å². The third kappa shape index (κ3) is 9.41. The first kappa shape index (κ1) is 43.7. The monoisotopic (exact) mass is 932 g/mol. The Bertz CT molecular complexity index is 2210. The van der Waals surface area contributed by atoms with Crippen LogP contribution in [0, 0.1) is 0 Å². The van der Waals surface area contributed by atoms with Crippen LogP contribution in [0.2, 0.25) is 0 Å². The molecule has 2 unspecified atom stereocenters. The number of amides is 2. The highest BCUT2D eigenvalue weighted by atomic mass is 33.1. The van der Waals surface area contributed by atoms with E-state index >= 15 is 0 Å². The van der Waals surface area contributed by atoms with E-state index in [9.17, 15) is 9.59 Å². The summed E-state index contributed by atoms with van der Waals surface area (Å²) in [5.74, 6) is 1.37. The number of anilines is 4. The third-order valence-electron chi connectivity index (χ3n) is 12.8. The number of carbonyl (C=O) groups is 2. The molecule has 2 atom stereocenters. The number of thioether (sulfide) groups is 2. The summed E-state index contributed by atoms with van der Waals surface area (Å²) >= 11 is 3.39. The quantitative estimate of drug-likeness (QED) is 0.0879. The predicted octanol–water partition coefficient (Wildman–Crippen LogP) is 9.83. The molecular formula is C50H56N6O4S4. The van der Waals surface area contributed by atoms with Crippen molar-refractivity contribution in [3.63, 3.8) is 0 Å². The highest BCUT2D eigenvalue weighted by molar-refractivity contribution is 8.76. The van der Waals surface area contributed by atoms with E-state index in [0.717, 1.165) is 83.1 Å². The van der Waals surface area contributed by atoms with Gasteiger partial charge in [-0.25, -0.2) is 0 Å². The Morgan fingerprint density at radius 1 is 0.562 bits per heavy atom. The zero-order valence-electron chi connectivity index (χ0n) is 36.2. The molecule has 0 saturated carbocycles. The van der Waals surface area contributed by atoms with Crippen LogP contribution in [-0.2, 0) is 9.47 Å². The molecule has 0 spiro atoms. The van der Waals surface area contributed by atoms with Crippen molar-refractivity contribution in [2.24, 2.45) is 0 Å². The molecule has 14 heteroatoms. The average molecular weight is 933 g/mol. The predicted molar refractivity (Wildman–Crippen MR) is 269 cm³/mol. The summed E-state index contributed by atoms with van der Waals surface area (Å²) in [6.07, 6.45) is 16.4. The molecule has 334 valence electrons. The number of hydrogen-bond donors (Lipinski definition) is 2. The van der Waals surface area contributed by atoms with Crippen LogP contribution in [0.1, 0.15) is 70.4 Å². The third-order valence-corrected chi connectivity index (χ3v) is 17.8. The fraction of sp³-hybridized carbons (Fsp3) is 0.400. The van der Waals surface area contributed by atoms with Gasteiger partial charge in [0.15, 0.2) is 0 Å². The average Bonchev–Trinajstić information content (AvgIpc) is 4.10. The molecular weight excluding hydrogens is 877 g/mol. The smallest absolute Gasteiger partial charge is 0.251 e. The van der Waals surface area contributed by atoms with Crippen molar-refractivity contribution in [1.29, 1.82) is 0 Å². The molecule has 0 bridgehead atoms. The van der Waals surface area contributed by atoms with Gasteiger partial charge in [-0.05, 0) is 122 Å². The Hall–Kier alpha value is -4.18. The first-order chi connectivity index (χ1) is 31.5. The number of ether oxygens (including phenoxy) is 2. The maximum Gasteiger partial charge on any atom is 0.251 e. The Morgan fingerprint density at radius 2 is 0.984 bits per heavy atom. The molecule has 4 saturated heterocycles. The largest absolute Gasteiger partial charge is 0.372 e. The minimum Gasteiger partial charge on any atom is -0.372 e. The molecule has 0 aromatic heterocycles. The van der Waals surface area contributed by atoms with Gasteiger partial charge in [0, 0.05) is 96.2 Å². The lowest BCUT2D eigenvalue weighted by Crippen LogP contribution is -2.36. The number of carbonyl (C=O) groups excluding carboxylic acids is 2. The van der Waals surface area contributed by atoms with Gasteiger partial charge in [-0.15, -0.1) is 0 Å². The molecule has 4 fully saturated rings. The number of rotatable bonds is 15.